The standard InChI is InChI=1S/C15H16N4O2/c1-9-5-6-13(16)12(7-9)14(20)18-10-3-2-4-11(8-10)19-15(17)21/h2-8H,16H2,1H3,(H,18,20)(H3,17,19,21). The molecule has 2 aromatic carbocycles. The maximum atomic E-state index is 12.2. The average Bonchev–Trinajstić information content (AvgIpc) is 2.41. The fourth-order valence-electron chi connectivity index (χ4n) is 1.88. The normalized spacial score (nSPS) is 9.95. The number of amides is 3. The van der Waals surface area contributed by atoms with Gasteiger partial charge < -0.3 is 22.1 Å². The Morgan fingerprint density at radius 1 is 1.00 bits per heavy atom. The molecule has 21 heavy (non-hydrogen) atoms. The molecule has 0 aromatic heterocycles. The van der Waals surface area contributed by atoms with Gasteiger partial charge in [0.1, 0.15) is 0 Å². The predicted octanol–water partition coefficient (Wildman–Crippen LogP) is 2.32. The van der Waals surface area contributed by atoms with Crippen LogP contribution < -0.4 is 22.1 Å². The number of aryl methyl sites for hydroxylation is 1. The molecule has 0 saturated heterocycles. The third kappa shape index (κ3) is 3.73. The molecule has 2 rings (SSSR count). The number of anilines is 3. The van der Waals surface area contributed by atoms with E-state index in [-0.39, 0.29) is 5.91 Å². The number of urea groups is 1. The van der Waals surface area contributed by atoms with Crippen LogP contribution in [-0.2, 0) is 0 Å². The summed E-state index contributed by atoms with van der Waals surface area (Å²) in [5.74, 6) is -0.313. The zero-order valence-electron chi connectivity index (χ0n) is 11.5. The van der Waals surface area contributed by atoms with E-state index < -0.39 is 6.03 Å². The predicted molar refractivity (Wildman–Crippen MR) is 83.2 cm³/mol. The van der Waals surface area contributed by atoms with Crippen LogP contribution in [-0.4, -0.2) is 11.9 Å². The number of benzene rings is 2. The second-order valence-electron chi connectivity index (χ2n) is 4.61. The summed E-state index contributed by atoms with van der Waals surface area (Å²) >= 11 is 0. The Morgan fingerprint density at radius 3 is 2.33 bits per heavy atom. The highest BCUT2D eigenvalue weighted by molar-refractivity contribution is 6.08. The molecule has 6 N–H and O–H groups in total. The number of hydrogen-bond acceptors (Lipinski definition) is 3. The maximum absolute atomic E-state index is 12.2. The van der Waals surface area contributed by atoms with Crippen molar-refractivity contribution in [2.45, 2.75) is 6.92 Å². The van der Waals surface area contributed by atoms with Crippen molar-refractivity contribution in [1.29, 1.82) is 0 Å². The molecule has 0 fully saturated rings. The van der Waals surface area contributed by atoms with Crippen molar-refractivity contribution >= 4 is 29.0 Å². The molecule has 6 nitrogen and oxygen atoms in total. The van der Waals surface area contributed by atoms with Gasteiger partial charge in [-0.1, -0.05) is 17.7 Å². The fraction of sp³-hybridized carbons (Fsp3) is 0.0667. The quantitative estimate of drug-likeness (QED) is 0.649. The van der Waals surface area contributed by atoms with Crippen LogP contribution in [0.4, 0.5) is 21.9 Å². The van der Waals surface area contributed by atoms with Crippen molar-refractivity contribution in [3.63, 3.8) is 0 Å². The zero-order chi connectivity index (χ0) is 15.4. The minimum absolute atomic E-state index is 0.313. The lowest BCUT2D eigenvalue weighted by molar-refractivity contribution is 0.102. The summed E-state index contributed by atoms with van der Waals surface area (Å²) < 4.78 is 0. The van der Waals surface area contributed by atoms with Gasteiger partial charge in [-0.2, -0.15) is 0 Å². The minimum Gasteiger partial charge on any atom is -0.398 e. The molecule has 2 aromatic rings. The number of nitrogens with two attached hydrogens (primary N) is 2. The van der Waals surface area contributed by atoms with E-state index in [9.17, 15) is 9.59 Å². The Balaban J connectivity index is 2.19. The van der Waals surface area contributed by atoms with Crippen molar-refractivity contribution in [1.82, 2.24) is 0 Å². The Hall–Kier alpha value is -3.02. The minimum atomic E-state index is -0.665. The Labute approximate surface area is 122 Å². The molecule has 0 bridgehead atoms. The van der Waals surface area contributed by atoms with Gasteiger partial charge in [-0.05, 0) is 37.3 Å². The average molecular weight is 284 g/mol. The molecule has 0 aliphatic heterocycles. The number of rotatable bonds is 3. The smallest absolute Gasteiger partial charge is 0.316 e. The van der Waals surface area contributed by atoms with Gasteiger partial charge in [0.25, 0.3) is 5.91 Å². The highest BCUT2D eigenvalue weighted by atomic mass is 16.2. The Kier molecular flexibility index (Phi) is 4.08. The molecular formula is C15H16N4O2. The lowest BCUT2D eigenvalue weighted by atomic mass is 10.1. The van der Waals surface area contributed by atoms with E-state index in [1.165, 1.54) is 0 Å². The summed E-state index contributed by atoms with van der Waals surface area (Å²) in [5.41, 5.74) is 13.6. The first-order valence-electron chi connectivity index (χ1n) is 6.29. The highest BCUT2D eigenvalue weighted by Crippen LogP contribution is 2.19. The number of carbonyl (C=O) groups is 2. The molecule has 0 unspecified atom stereocenters. The molecule has 0 aliphatic carbocycles. The van der Waals surface area contributed by atoms with E-state index in [1.807, 2.05) is 13.0 Å². The molecule has 0 aliphatic rings. The summed E-state index contributed by atoms with van der Waals surface area (Å²) in [5, 5.41) is 5.17. The molecular weight excluding hydrogens is 268 g/mol. The molecule has 0 heterocycles. The summed E-state index contributed by atoms with van der Waals surface area (Å²) in [6.07, 6.45) is 0. The van der Waals surface area contributed by atoms with Crippen LogP contribution in [0.3, 0.4) is 0 Å². The van der Waals surface area contributed by atoms with E-state index in [0.29, 0.717) is 22.6 Å². The summed E-state index contributed by atoms with van der Waals surface area (Å²) in [6.45, 7) is 1.88. The number of nitrogens with one attached hydrogen (secondary N) is 2. The van der Waals surface area contributed by atoms with Gasteiger partial charge in [0, 0.05) is 17.1 Å². The Morgan fingerprint density at radius 2 is 1.67 bits per heavy atom. The third-order valence-electron chi connectivity index (χ3n) is 2.84. The van der Waals surface area contributed by atoms with Crippen LogP contribution in [0.5, 0.6) is 0 Å². The van der Waals surface area contributed by atoms with Gasteiger partial charge in [-0.3, -0.25) is 4.79 Å². The summed E-state index contributed by atoms with van der Waals surface area (Å²) in [4.78, 5) is 23.0. The highest BCUT2D eigenvalue weighted by Gasteiger charge is 2.10. The molecule has 0 radical (unpaired) electrons. The van der Waals surface area contributed by atoms with Crippen molar-refractivity contribution in [3.05, 3.63) is 53.6 Å². The van der Waals surface area contributed by atoms with Gasteiger partial charge >= 0.3 is 6.03 Å². The van der Waals surface area contributed by atoms with E-state index in [1.54, 1.807) is 36.4 Å². The molecule has 0 atom stereocenters. The van der Waals surface area contributed by atoms with E-state index in [2.05, 4.69) is 10.6 Å². The molecule has 0 saturated carbocycles. The SMILES string of the molecule is Cc1ccc(N)c(C(=O)Nc2cccc(NC(N)=O)c2)c1. The van der Waals surface area contributed by atoms with Crippen molar-refractivity contribution in [3.8, 4) is 0 Å². The van der Waals surface area contributed by atoms with E-state index >= 15 is 0 Å². The van der Waals surface area contributed by atoms with Crippen molar-refractivity contribution in [2.24, 2.45) is 5.73 Å². The number of primary amides is 1. The van der Waals surface area contributed by atoms with Gasteiger partial charge in [-0.15, -0.1) is 0 Å². The number of carbonyl (C=O) groups excluding carboxylic acids is 2. The van der Waals surface area contributed by atoms with Crippen molar-refractivity contribution < 1.29 is 9.59 Å². The summed E-state index contributed by atoms with van der Waals surface area (Å²) in [7, 11) is 0. The Bertz CT molecular complexity index is 698. The van der Waals surface area contributed by atoms with Gasteiger partial charge in [0.15, 0.2) is 0 Å². The third-order valence-corrected chi connectivity index (χ3v) is 2.84. The topological polar surface area (TPSA) is 110 Å². The zero-order valence-corrected chi connectivity index (χ0v) is 11.5. The molecule has 108 valence electrons. The first-order chi connectivity index (χ1) is 9.95. The van der Waals surface area contributed by atoms with Gasteiger partial charge in [-0.25, -0.2) is 4.79 Å². The second-order valence-corrected chi connectivity index (χ2v) is 4.61. The van der Waals surface area contributed by atoms with Crippen LogP contribution in [0, 0.1) is 6.92 Å². The van der Waals surface area contributed by atoms with Crippen LogP contribution in [0.1, 0.15) is 15.9 Å². The first-order valence-corrected chi connectivity index (χ1v) is 6.29. The van der Waals surface area contributed by atoms with Gasteiger partial charge in [0.05, 0.1) is 5.56 Å². The van der Waals surface area contributed by atoms with Gasteiger partial charge in [0.2, 0.25) is 0 Å². The number of nitrogen functional groups attached to an aromatic ring is 1. The molecule has 3 amide bonds. The maximum Gasteiger partial charge on any atom is 0.316 e. The number of hydrogen-bond donors (Lipinski definition) is 4. The fourth-order valence-corrected chi connectivity index (χ4v) is 1.88. The lowest BCUT2D eigenvalue weighted by Gasteiger charge is -2.10. The van der Waals surface area contributed by atoms with E-state index in [0.717, 1.165) is 5.56 Å². The lowest BCUT2D eigenvalue weighted by Crippen LogP contribution is -2.19. The first kappa shape index (κ1) is 14.4. The van der Waals surface area contributed by atoms with Crippen LogP contribution in [0.15, 0.2) is 42.5 Å². The van der Waals surface area contributed by atoms with Crippen LogP contribution in [0.25, 0.3) is 0 Å². The molecule has 0 spiro atoms. The largest absolute Gasteiger partial charge is 0.398 e. The monoisotopic (exact) mass is 284 g/mol. The summed E-state index contributed by atoms with van der Waals surface area (Å²) in [6, 6.07) is 11.3. The molecule has 6 heteroatoms. The van der Waals surface area contributed by atoms with E-state index in [4.69, 9.17) is 11.5 Å². The second kappa shape index (κ2) is 5.96. The van der Waals surface area contributed by atoms with Crippen LogP contribution in [0.2, 0.25) is 0 Å². The van der Waals surface area contributed by atoms with Crippen molar-refractivity contribution in [2.75, 3.05) is 16.4 Å². The van der Waals surface area contributed by atoms with Crippen LogP contribution >= 0.6 is 0 Å².